The Morgan fingerprint density at radius 2 is 1.74 bits per heavy atom. The van der Waals surface area contributed by atoms with Gasteiger partial charge in [0.25, 0.3) is 0 Å². The second-order valence-electron chi connectivity index (χ2n) is 3.88. The van der Waals surface area contributed by atoms with E-state index in [2.05, 4.69) is 0 Å². The second-order valence-corrected chi connectivity index (χ2v) is 4.32. The van der Waals surface area contributed by atoms with Crippen molar-refractivity contribution in [2.75, 3.05) is 0 Å². The third kappa shape index (κ3) is 2.88. The molecule has 2 rings (SSSR count). The van der Waals surface area contributed by atoms with Crippen LogP contribution in [0.4, 0.5) is 13.2 Å². The van der Waals surface area contributed by atoms with Gasteiger partial charge in [-0.1, -0.05) is 29.8 Å². The van der Waals surface area contributed by atoms with E-state index in [4.69, 9.17) is 16.9 Å². The molecule has 96 valence electrons. The van der Waals surface area contributed by atoms with Crippen LogP contribution in [0.3, 0.4) is 0 Å². The van der Waals surface area contributed by atoms with Gasteiger partial charge in [0.2, 0.25) is 0 Å². The van der Waals surface area contributed by atoms with Gasteiger partial charge in [-0.2, -0.15) is 18.4 Å². The molecular weight excluding hydrogens is 275 g/mol. The van der Waals surface area contributed by atoms with Gasteiger partial charge in [0.1, 0.15) is 0 Å². The molecule has 0 saturated carbocycles. The molecule has 0 fully saturated rings. The smallest absolute Gasteiger partial charge is 0.192 e. The quantitative estimate of drug-likeness (QED) is 0.729. The first-order valence-corrected chi connectivity index (χ1v) is 5.67. The largest absolute Gasteiger partial charge is 0.417 e. The lowest BCUT2D eigenvalue weighted by molar-refractivity contribution is -0.137. The Balaban J connectivity index is 2.67. The van der Waals surface area contributed by atoms with Crippen molar-refractivity contribution in [1.82, 2.24) is 0 Å². The van der Waals surface area contributed by atoms with Gasteiger partial charge in [0.15, 0.2) is 0 Å². The Morgan fingerprint density at radius 3 is 2.37 bits per heavy atom. The van der Waals surface area contributed by atoms with Gasteiger partial charge >= 0.3 is 6.18 Å². The number of nitriles is 1. The van der Waals surface area contributed by atoms with Crippen LogP contribution in [0.15, 0.2) is 42.5 Å². The molecule has 0 bridgehead atoms. The van der Waals surface area contributed by atoms with Gasteiger partial charge in [-0.15, -0.1) is 0 Å². The Morgan fingerprint density at radius 1 is 1.05 bits per heavy atom. The van der Waals surface area contributed by atoms with E-state index in [0.29, 0.717) is 0 Å². The highest BCUT2D eigenvalue weighted by atomic mass is 35.5. The standard InChI is InChI=1S/C14H7ClF3N/c15-11-6-9(8-19)5-10(7-11)12-3-1-2-4-13(12)14(16,17)18/h1-7H. The summed E-state index contributed by atoms with van der Waals surface area (Å²) in [4.78, 5) is 0. The molecule has 0 aliphatic rings. The van der Waals surface area contributed by atoms with Crippen LogP contribution in [-0.4, -0.2) is 0 Å². The normalized spacial score (nSPS) is 11.1. The van der Waals surface area contributed by atoms with E-state index in [-0.39, 0.29) is 21.7 Å². The molecule has 0 aliphatic heterocycles. The summed E-state index contributed by atoms with van der Waals surface area (Å²) in [5.74, 6) is 0. The molecule has 0 aliphatic carbocycles. The van der Waals surface area contributed by atoms with E-state index in [0.717, 1.165) is 6.07 Å². The topological polar surface area (TPSA) is 23.8 Å². The second kappa shape index (κ2) is 4.94. The fraction of sp³-hybridized carbons (Fsp3) is 0.0714. The lowest BCUT2D eigenvalue weighted by atomic mass is 9.98. The Labute approximate surface area is 112 Å². The van der Waals surface area contributed by atoms with Gasteiger partial charge < -0.3 is 0 Å². The minimum Gasteiger partial charge on any atom is -0.192 e. The summed E-state index contributed by atoms with van der Waals surface area (Å²) in [5.41, 5.74) is -0.244. The first-order chi connectivity index (χ1) is 8.91. The molecular formula is C14H7ClF3N. The SMILES string of the molecule is N#Cc1cc(Cl)cc(-c2ccccc2C(F)(F)F)c1. The maximum atomic E-state index is 12.9. The molecule has 0 N–H and O–H groups in total. The van der Waals surface area contributed by atoms with Crippen molar-refractivity contribution < 1.29 is 13.2 Å². The fourth-order valence-electron chi connectivity index (χ4n) is 1.79. The number of halogens is 4. The zero-order valence-corrected chi connectivity index (χ0v) is 10.3. The molecule has 0 amide bonds. The predicted octanol–water partition coefficient (Wildman–Crippen LogP) is 4.90. The van der Waals surface area contributed by atoms with Crippen LogP contribution in [-0.2, 0) is 6.18 Å². The molecule has 0 spiro atoms. The lowest BCUT2D eigenvalue weighted by Crippen LogP contribution is -2.06. The Hall–Kier alpha value is -1.99. The third-order valence-electron chi connectivity index (χ3n) is 2.57. The molecule has 2 aromatic rings. The lowest BCUT2D eigenvalue weighted by Gasteiger charge is -2.13. The highest BCUT2D eigenvalue weighted by Crippen LogP contribution is 2.37. The van der Waals surface area contributed by atoms with Gasteiger partial charge in [0.05, 0.1) is 17.2 Å². The number of nitrogens with zero attached hydrogens (tertiary/aromatic N) is 1. The fourth-order valence-corrected chi connectivity index (χ4v) is 2.03. The van der Waals surface area contributed by atoms with Crippen LogP contribution in [0.5, 0.6) is 0 Å². The Bertz CT molecular complexity index is 656. The van der Waals surface area contributed by atoms with Gasteiger partial charge in [-0.25, -0.2) is 0 Å². The minimum atomic E-state index is -4.45. The highest BCUT2D eigenvalue weighted by molar-refractivity contribution is 6.31. The molecule has 19 heavy (non-hydrogen) atoms. The van der Waals surface area contributed by atoms with Crippen molar-refractivity contribution in [3.05, 3.63) is 58.6 Å². The summed E-state index contributed by atoms with van der Waals surface area (Å²) in [5, 5.41) is 9.06. The monoisotopic (exact) mass is 281 g/mol. The summed E-state index contributed by atoms with van der Waals surface area (Å²) >= 11 is 5.81. The average Bonchev–Trinajstić information content (AvgIpc) is 2.37. The van der Waals surface area contributed by atoms with Crippen molar-refractivity contribution in [1.29, 1.82) is 5.26 Å². The summed E-state index contributed by atoms with van der Waals surface area (Å²) in [6, 6.07) is 11.3. The van der Waals surface area contributed by atoms with E-state index < -0.39 is 11.7 Å². The van der Waals surface area contributed by atoms with Crippen molar-refractivity contribution in [3.8, 4) is 17.2 Å². The van der Waals surface area contributed by atoms with E-state index in [1.807, 2.05) is 6.07 Å². The first kappa shape index (κ1) is 13.4. The molecule has 2 aromatic carbocycles. The van der Waals surface area contributed by atoms with Crippen molar-refractivity contribution in [2.45, 2.75) is 6.18 Å². The summed E-state index contributed by atoms with van der Waals surface area (Å²) in [6.45, 7) is 0. The van der Waals surface area contributed by atoms with Crippen molar-refractivity contribution in [2.24, 2.45) is 0 Å². The maximum Gasteiger partial charge on any atom is 0.417 e. The van der Waals surface area contributed by atoms with Crippen LogP contribution in [0.1, 0.15) is 11.1 Å². The average molecular weight is 282 g/mol. The van der Waals surface area contributed by atoms with Gasteiger partial charge in [0, 0.05) is 5.02 Å². The highest BCUT2D eigenvalue weighted by Gasteiger charge is 2.33. The van der Waals surface area contributed by atoms with Crippen LogP contribution >= 0.6 is 11.6 Å². The number of rotatable bonds is 1. The van der Waals surface area contributed by atoms with Gasteiger partial charge in [-0.3, -0.25) is 0 Å². The van der Waals surface area contributed by atoms with E-state index in [1.165, 1.54) is 36.4 Å². The first-order valence-electron chi connectivity index (χ1n) is 5.29. The zero-order valence-electron chi connectivity index (χ0n) is 9.50. The van der Waals surface area contributed by atoms with E-state index >= 15 is 0 Å². The summed E-state index contributed by atoms with van der Waals surface area (Å²) in [7, 11) is 0. The van der Waals surface area contributed by atoms with Crippen LogP contribution in [0.2, 0.25) is 5.02 Å². The van der Waals surface area contributed by atoms with Crippen LogP contribution < -0.4 is 0 Å². The molecule has 1 nitrogen and oxygen atoms in total. The molecule has 5 heteroatoms. The molecule has 0 heterocycles. The number of hydrogen-bond donors (Lipinski definition) is 0. The molecule has 0 saturated heterocycles. The zero-order chi connectivity index (χ0) is 14.0. The molecule has 0 aromatic heterocycles. The third-order valence-corrected chi connectivity index (χ3v) is 2.79. The minimum absolute atomic E-state index is 0.00833. The van der Waals surface area contributed by atoms with E-state index in [1.54, 1.807) is 0 Å². The number of alkyl halides is 3. The van der Waals surface area contributed by atoms with E-state index in [9.17, 15) is 13.2 Å². The molecule has 0 atom stereocenters. The Kier molecular flexibility index (Phi) is 3.50. The summed E-state index contributed by atoms with van der Waals surface area (Å²) < 4.78 is 38.8. The van der Waals surface area contributed by atoms with Crippen molar-refractivity contribution in [3.63, 3.8) is 0 Å². The molecule has 0 radical (unpaired) electrons. The maximum absolute atomic E-state index is 12.9. The van der Waals surface area contributed by atoms with Crippen LogP contribution in [0.25, 0.3) is 11.1 Å². The number of hydrogen-bond acceptors (Lipinski definition) is 1. The van der Waals surface area contributed by atoms with Crippen LogP contribution in [0, 0.1) is 11.3 Å². The van der Waals surface area contributed by atoms with Crippen molar-refractivity contribution >= 4 is 11.6 Å². The molecule has 0 unspecified atom stereocenters. The summed E-state index contributed by atoms with van der Waals surface area (Å²) in [6.07, 6.45) is -4.45. The predicted molar refractivity (Wildman–Crippen MR) is 66.6 cm³/mol. The van der Waals surface area contributed by atoms with Gasteiger partial charge in [-0.05, 0) is 35.4 Å². The number of benzene rings is 2.